The van der Waals surface area contributed by atoms with E-state index in [1.807, 2.05) is 18.2 Å². The lowest BCUT2D eigenvalue weighted by molar-refractivity contribution is -0.454. The van der Waals surface area contributed by atoms with Crippen molar-refractivity contribution >= 4 is 30.5 Å². The van der Waals surface area contributed by atoms with Gasteiger partial charge in [0.05, 0.1) is 18.8 Å². The normalized spacial score (nSPS) is 27.9. The molecule has 3 aliphatic rings. The van der Waals surface area contributed by atoms with Crippen molar-refractivity contribution in [3.05, 3.63) is 78.9 Å². The Morgan fingerprint density at radius 2 is 1.40 bits per heavy atom. The SMILES string of the molecule is CO[C@]1(C)O[C@@H]([C@@H]2CN(c3ccc4c(c3)OCCO4)C(=O)O2)[C@H](CO[Si](c2ccccc2)(c2ccccc2)C(C)(C)C)O[C@@]1(C)OC. The first kappa shape index (κ1) is 33.4. The van der Waals surface area contributed by atoms with Crippen LogP contribution in [-0.4, -0.2) is 84.9 Å². The summed E-state index contributed by atoms with van der Waals surface area (Å²) in [6.07, 6.45) is -2.66. The second-order valence-electron chi connectivity index (χ2n) is 13.4. The maximum absolute atomic E-state index is 13.4. The van der Waals surface area contributed by atoms with Crippen LogP contribution in [0, 0.1) is 0 Å². The van der Waals surface area contributed by atoms with Gasteiger partial charge >= 0.3 is 6.09 Å². The number of amides is 1. The number of carbonyl (C=O) groups is 1. The summed E-state index contributed by atoms with van der Waals surface area (Å²) < 4.78 is 50.0. The zero-order valence-corrected chi connectivity index (χ0v) is 29.2. The van der Waals surface area contributed by atoms with Gasteiger partial charge < -0.3 is 37.6 Å². The summed E-state index contributed by atoms with van der Waals surface area (Å²) in [5.74, 6) is -1.39. The van der Waals surface area contributed by atoms with Crippen LogP contribution in [0.1, 0.15) is 34.6 Å². The van der Waals surface area contributed by atoms with Crippen molar-refractivity contribution in [2.75, 3.05) is 45.5 Å². The van der Waals surface area contributed by atoms with E-state index in [2.05, 4.69) is 69.3 Å². The first-order valence-corrected chi connectivity index (χ1v) is 17.9. The minimum atomic E-state index is -2.95. The van der Waals surface area contributed by atoms with Crippen LogP contribution >= 0.6 is 0 Å². The number of cyclic esters (lactones) is 1. The molecule has 0 saturated carbocycles. The van der Waals surface area contributed by atoms with Crippen LogP contribution in [0.5, 0.6) is 11.5 Å². The molecule has 0 spiro atoms. The molecule has 0 bridgehead atoms. The molecule has 0 aromatic heterocycles. The molecule has 3 aliphatic heterocycles. The Morgan fingerprint density at radius 1 is 0.830 bits per heavy atom. The molecular formula is C36H45NO9Si. The van der Waals surface area contributed by atoms with Gasteiger partial charge in [0.1, 0.15) is 25.4 Å². The number of fused-ring (bicyclic) bond motifs is 1. The molecule has 3 aromatic rings. The minimum absolute atomic E-state index is 0.148. The van der Waals surface area contributed by atoms with Gasteiger partial charge in [-0.05, 0) is 41.4 Å². The zero-order valence-electron chi connectivity index (χ0n) is 28.2. The number of rotatable bonds is 9. The third-order valence-electron chi connectivity index (χ3n) is 9.63. The van der Waals surface area contributed by atoms with Crippen molar-refractivity contribution in [2.45, 2.75) is 69.5 Å². The number of ether oxygens (including phenoxy) is 7. The van der Waals surface area contributed by atoms with Crippen LogP contribution in [0.2, 0.25) is 5.04 Å². The average Bonchev–Trinajstić information content (AvgIpc) is 3.47. The van der Waals surface area contributed by atoms with E-state index in [1.165, 1.54) is 0 Å². The first-order valence-electron chi connectivity index (χ1n) is 16.0. The summed E-state index contributed by atoms with van der Waals surface area (Å²) in [4.78, 5) is 15.0. The van der Waals surface area contributed by atoms with E-state index in [-0.39, 0.29) is 18.2 Å². The average molecular weight is 664 g/mol. The summed E-state index contributed by atoms with van der Waals surface area (Å²) in [6.45, 7) is 11.5. The van der Waals surface area contributed by atoms with Gasteiger partial charge in [0.25, 0.3) is 8.32 Å². The van der Waals surface area contributed by atoms with Crippen molar-refractivity contribution < 1.29 is 42.4 Å². The molecule has 0 aliphatic carbocycles. The number of hydrogen-bond donors (Lipinski definition) is 0. The predicted molar refractivity (Wildman–Crippen MR) is 179 cm³/mol. The number of methoxy groups -OCH3 is 2. The van der Waals surface area contributed by atoms with Gasteiger partial charge in [-0.1, -0.05) is 81.4 Å². The molecule has 3 heterocycles. The van der Waals surface area contributed by atoms with Gasteiger partial charge in [-0.25, -0.2) is 4.79 Å². The summed E-state index contributed by atoms with van der Waals surface area (Å²) in [5.41, 5.74) is 0.634. The summed E-state index contributed by atoms with van der Waals surface area (Å²) in [5, 5.41) is 2.02. The Morgan fingerprint density at radius 3 is 1.98 bits per heavy atom. The number of nitrogens with zero attached hydrogens (tertiary/aromatic N) is 1. The fourth-order valence-corrected chi connectivity index (χ4v) is 11.4. The highest BCUT2D eigenvalue weighted by atomic mass is 28.4. The molecule has 11 heteroatoms. The van der Waals surface area contributed by atoms with Gasteiger partial charge in [0.15, 0.2) is 17.6 Å². The molecule has 47 heavy (non-hydrogen) atoms. The van der Waals surface area contributed by atoms with Crippen molar-refractivity contribution in [3.63, 3.8) is 0 Å². The molecule has 10 nitrogen and oxygen atoms in total. The van der Waals surface area contributed by atoms with Crippen LogP contribution < -0.4 is 24.7 Å². The van der Waals surface area contributed by atoms with Crippen LogP contribution in [0.3, 0.4) is 0 Å². The number of anilines is 1. The molecule has 2 saturated heterocycles. The molecule has 0 radical (unpaired) electrons. The van der Waals surface area contributed by atoms with E-state index in [0.29, 0.717) is 30.4 Å². The third kappa shape index (κ3) is 5.94. The zero-order chi connectivity index (χ0) is 33.5. The number of carbonyl (C=O) groups excluding carboxylic acids is 1. The highest BCUT2D eigenvalue weighted by Gasteiger charge is 2.60. The van der Waals surface area contributed by atoms with Gasteiger partial charge in [-0.2, -0.15) is 0 Å². The maximum atomic E-state index is 13.4. The van der Waals surface area contributed by atoms with E-state index in [0.717, 1.165) is 10.4 Å². The topological polar surface area (TPSA) is 94.2 Å². The quantitative estimate of drug-likeness (QED) is 0.298. The van der Waals surface area contributed by atoms with E-state index >= 15 is 0 Å². The summed E-state index contributed by atoms with van der Waals surface area (Å²) in [7, 11) is 0.148. The molecule has 3 aromatic carbocycles. The van der Waals surface area contributed by atoms with Crippen molar-refractivity contribution in [1.82, 2.24) is 0 Å². The van der Waals surface area contributed by atoms with E-state index in [9.17, 15) is 4.79 Å². The lowest BCUT2D eigenvalue weighted by Gasteiger charge is -2.53. The van der Waals surface area contributed by atoms with Crippen molar-refractivity contribution in [2.24, 2.45) is 0 Å². The Hall–Kier alpha value is -3.45. The van der Waals surface area contributed by atoms with E-state index in [4.69, 9.17) is 37.6 Å². The van der Waals surface area contributed by atoms with Gasteiger partial charge in [0.2, 0.25) is 11.6 Å². The molecular weight excluding hydrogens is 618 g/mol. The van der Waals surface area contributed by atoms with Gasteiger partial charge in [0, 0.05) is 20.3 Å². The lowest BCUT2D eigenvalue weighted by atomic mass is 10.0. The molecule has 5 atom stereocenters. The van der Waals surface area contributed by atoms with E-state index in [1.54, 1.807) is 45.1 Å². The molecule has 6 rings (SSSR count). The van der Waals surface area contributed by atoms with Gasteiger partial charge in [-0.3, -0.25) is 4.90 Å². The second-order valence-corrected chi connectivity index (χ2v) is 17.7. The Labute approximate surface area is 277 Å². The van der Waals surface area contributed by atoms with Crippen LogP contribution in [-0.2, 0) is 28.1 Å². The van der Waals surface area contributed by atoms with Crippen LogP contribution in [0.15, 0.2) is 78.9 Å². The Balaban J connectivity index is 1.35. The molecule has 2 fully saturated rings. The number of hydrogen-bond acceptors (Lipinski definition) is 9. The summed E-state index contributed by atoms with van der Waals surface area (Å²) in [6, 6.07) is 26.2. The highest BCUT2D eigenvalue weighted by molar-refractivity contribution is 6.99. The number of benzene rings is 3. The molecule has 1 amide bonds. The maximum Gasteiger partial charge on any atom is 0.414 e. The Kier molecular flexibility index (Phi) is 9.16. The Bertz CT molecular complexity index is 1510. The standard InChI is InChI=1S/C36H45NO9Si/c1-34(2,3)47(26-14-10-8-11-15-26,27-16-12-9-13-17-27)43-24-31-32(46-36(5,40-7)35(4,39-6)45-31)30-23-37(33(38)44-30)25-18-19-28-29(22-25)42-21-20-41-28/h8-19,22,30-32H,20-21,23-24H2,1-7H3/t30-,31-,32-,35+,36+/m0/s1. The monoisotopic (exact) mass is 663 g/mol. The van der Waals surface area contributed by atoms with Crippen LogP contribution in [0.25, 0.3) is 0 Å². The van der Waals surface area contributed by atoms with Crippen molar-refractivity contribution in [3.8, 4) is 11.5 Å². The third-order valence-corrected chi connectivity index (χ3v) is 14.6. The van der Waals surface area contributed by atoms with Gasteiger partial charge in [-0.15, -0.1) is 0 Å². The van der Waals surface area contributed by atoms with Crippen molar-refractivity contribution in [1.29, 1.82) is 0 Å². The summed E-state index contributed by atoms with van der Waals surface area (Å²) >= 11 is 0. The van der Waals surface area contributed by atoms with E-state index < -0.39 is 44.3 Å². The predicted octanol–water partition coefficient (Wildman–Crippen LogP) is 4.87. The fourth-order valence-electron chi connectivity index (χ4n) is 6.85. The molecule has 252 valence electrons. The molecule has 0 N–H and O–H groups in total. The largest absolute Gasteiger partial charge is 0.486 e. The highest BCUT2D eigenvalue weighted by Crippen LogP contribution is 2.44. The first-order chi connectivity index (χ1) is 22.4. The minimum Gasteiger partial charge on any atom is -0.486 e. The van der Waals surface area contributed by atoms with Crippen LogP contribution in [0.4, 0.5) is 10.5 Å². The lowest BCUT2D eigenvalue weighted by Crippen LogP contribution is -2.70. The second kappa shape index (κ2) is 12.9. The smallest absolute Gasteiger partial charge is 0.414 e. The molecule has 0 unspecified atom stereocenters. The fraction of sp³-hybridized carbons (Fsp3) is 0.472.